The van der Waals surface area contributed by atoms with Crippen molar-refractivity contribution in [2.75, 3.05) is 5.75 Å². The largest absolute Gasteiger partial charge is 0.462 e. The van der Waals surface area contributed by atoms with Crippen LogP contribution >= 0.6 is 0 Å². The van der Waals surface area contributed by atoms with E-state index in [0.717, 1.165) is 31.2 Å². The van der Waals surface area contributed by atoms with Gasteiger partial charge in [-0.05, 0) is 61.3 Å². The van der Waals surface area contributed by atoms with Gasteiger partial charge < -0.3 is 10.6 Å². The van der Waals surface area contributed by atoms with E-state index in [4.69, 9.17) is 10.6 Å². The molecule has 2 atom stereocenters. The zero-order chi connectivity index (χ0) is 21.4. The lowest BCUT2D eigenvalue weighted by atomic mass is 9.93. The first-order valence-electron chi connectivity index (χ1n) is 10.3. The topological polar surface area (TPSA) is 98.8 Å². The maximum atomic E-state index is 12.6. The number of esters is 1. The van der Waals surface area contributed by atoms with Gasteiger partial charge in [0.05, 0.1) is 16.9 Å². The highest BCUT2D eigenvalue weighted by Gasteiger charge is 2.32. The van der Waals surface area contributed by atoms with E-state index in [-0.39, 0.29) is 30.2 Å². The summed E-state index contributed by atoms with van der Waals surface area (Å²) in [5.74, 6) is 4.65. The van der Waals surface area contributed by atoms with Crippen molar-refractivity contribution in [1.82, 2.24) is 0 Å². The minimum absolute atomic E-state index is 0.0128. The molecular weight excluding hydrogens is 400 g/mol. The van der Waals surface area contributed by atoms with E-state index in [1.807, 2.05) is 12.1 Å². The Morgan fingerprint density at radius 1 is 1.07 bits per heavy atom. The smallest absolute Gasteiger partial charge is 0.306 e. The van der Waals surface area contributed by atoms with E-state index >= 15 is 0 Å². The molecule has 0 spiro atoms. The molecule has 1 saturated heterocycles. The average molecular weight is 429 g/mol. The summed E-state index contributed by atoms with van der Waals surface area (Å²) in [6.45, 7) is 0. The second-order valence-corrected chi connectivity index (χ2v) is 9.81. The van der Waals surface area contributed by atoms with Crippen molar-refractivity contribution in [3.63, 3.8) is 0 Å². The van der Waals surface area contributed by atoms with Crippen LogP contribution < -0.4 is 5.84 Å². The molecule has 1 aliphatic rings. The molecule has 0 unspecified atom stereocenters. The van der Waals surface area contributed by atoms with Crippen LogP contribution in [0.4, 0.5) is 0 Å². The van der Waals surface area contributed by atoms with Gasteiger partial charge in [-0.15, -0.1) is 0 Å². The van der Waals surface area contributed by atoms with Gasteiger partial charge in [0.25, 0.3) is 0 Å². The summed E-state index contributed by atoms with van der Waals surface area (Å²) in [6.07, 6.45) is 5.76. The lowest BCUT2D eigenvalue weighted by Crippen LogP contribution is -2.33. The van der Waals surface area contributed by atoms with E-state index in [2.05, 4.69) is 17.2 Å². The molecule has 2 aromatic carbocycles. The standard InChI is InChI=1S/C23H28N2O4S/c24-25-16-19-12-10-18(11-13-19)6-4-5-7-21-14-20(15-23(26)29-21)17-30(27,28)22-8-2-1-3-9-22/h1-3,8-13,16,20-21H,4-7,14-15,17,24H2/t20-,21+/m0/s1. The molecule has 3 rings (SSSR count). The number of cyclic esters (lactones) is 1. The quantitative estimate of drug-likeness (QED) is 0.217. The minimum Gasteiger partial charge on any atom is -0.462 e. The Bertz CT molecular complexity index is 956. The highest BCUT2D eigenvalue weighted by molar-refractivity contribution is 7.91. The van der Waals surface area contributed by atoms with Gasteiger partial charge in [0.15, 0.2) is 9.84 Å². The van der Waals surface area contributed by atoms with Crippen LogP contribution in [-0.4, -0.2) is 32.5 Å². The van der Waals surface area contributed by atoms with Gasteiger partial charge in [0.1, 0.15) is 6.10 Å². The number of hydrazone groups is 1. The summed E-state index contributed by atoms with van der Waals surface area (Å²) < 4.78 is 30.7. The number of hydrogen-bond acceptors (Lipinski definition) is 6. The van der Waals surface area contributed by atoms with E-state index in [0.29, 0.717) is 11.3 Å². The van der Waals surface area contributed by atoms with Crippen molar-refractivity contribution in [3.05, 3.63) is 65.7 Å². The maximum Gasteiger partial charge on any atom is 0.306 e. The number of ether oxygens (including phenoxy) is 1. The van der Waals surface area contributed by atoms with Gasteiger partial charge >= 0.3 is 5.97 Å². The molecule has 0 radical (unpaired) electrons. The normalized spacial score (nSPS) is 19.7. The molecule has 1 aliphatic heterocycles. The number of benzene rings is 2. The van der Waals surface area contributed by atoms with Crippen LogP contribution in [0.15, 0.2) is 64.6 Å². The summed E-state index contributed by atoms with van der Waals surface area (Å²) >= 11 is 0. The number of sulfone groups is 1. The number of unbranched alkanes of at least 4 members (excludes halogenated alkanes) is 1. The summed E-state index contributed by atoms with van der Waals surface area (Å²) in [4.78, 5) is 12.3. The summed E-state index contributed by atoms with van der Waals surface area (Å²) in [6, 6.07) is 16.5. The summed E-state index contributed by atoms with van der Waals surface area (Å²) in [5.41, 5.74) is 2.20. The van der Waals surface area contributed by atoms with Crippen LogP contribution in [0.1, 0.15) is 43.2 Å². The van der Waals surface area contributed by atoms with Crippen LogP contribution in [0, 0.1) is 5.92 Å². The minimum atomic E-state index is -3.40. The van der Waals surface area contributed by atoms with E-state index in [1.165, 1.54) is 5.56 Å². The zero-order valence-corrected chi connectivity index (χ0v) is 17.8. The summed E-state index contributed by atoms with van der Waals surface area (Å²) in [7, 11) is -3.40. The fraction of sp³-hybridized carbons (Fsp3) is 0.391. The lowest BCUT2D eigenvalue weighted by Gasteiger charge is -2.28. The van der Waals surface area contributed by atoms with Crippen molar-refractivity contribution in [2.45, 2.75) is 49.5 Å². The molecule has 1 heterocycles. The molecule has 6 nitrogen and oxygen atoms in total. The van der Waals surface area contributed by atoms with E-state index in [9.17, 15) is 13.2 Å². The van der Waals surface area contributed by atoms with Gasteiger partial charge in [-0.2, -0.15) is 5.10 Å². The van der Waals surface area contributed by atoms with Gasteiger partial charge in [-0.1, -0.05) is 42.5 Å². The Morgan fingerprint density at radius 3 is 2.50 bits per heavy atom. The molecule has 2 aromatic rings. The predicted molar refractivity (Wildman–Crippen MR) is 117 cm³/mol. The fourth-order valence-electron chi connectivity index (χ4n) is 3.87. The number of rotatable bonds is 9. The molecule has 160 valence electrons. The molecule has 1 fully saturated rings. The van der Waals surface area contributed by atoms with Gasteiger partial charge in [0, 0.05) is 6.42 Å². The Hall–Kier alpha value is -2.67. The van der Waals surface area contributed by atoms with Crippen molar-refractivity contribution < 1.29 is 17.9 Å². The van der Waals surface area contributed by atoms with Gasteiger partial charge in [-0.25, -0.2) is 8.42 Å². The Kier molecular flexibility index (Phi) is 7.63. The molecule has 0 amide bonds. The van der Waals surface area contributed by atoms with Crippen LogP contribution in [0.3, 0.4) is 0 Å². The number of aryl methyl sites for hydroxylation is 1. The molecule has 7 heteroatoms. The number of carbonyl (C=O) groups excluding carboxylic acids is 1. The maximum absolute atomic E-state index is 12.6. The monoisotopic (exact) mass is 428 g/mol. The molecule has 0 aromatic heterocycles. The van der Waals surface area contributed by atoms with Gasteiger partial charge in [0.2, 0.25) is 0 Å². The average Bonchev–Trinajstić information content (AvgIpc) is 2.72. The molecule has 30 heavy (non-hydrogen) atoms. The third kappa shape index (κ3) is 6.42. The van der Waals surface area contributed by atoms with E-state index < -0.39 is 9.84 Å². The number of nitrogens with two attached hydrogens (primary N) is 1. The number of carbonyl (C=O) groups is 1. The van der Waals surface area contributed by atoms with Crippen molar-refractivity contribution in [2.24, 2.45) is 16.9 Å². The van der Waals surface area contributed by atoms with Crippen LogP contribution in [-0.2, 0) is 25.8 Å². The first kappa shape index (κ1) is 22.0. The molecule has 2 N–H and O–H groups in total. The molecule has 0 bridgehead atoms. The Morgan fingerprint density at radius 2 is 1.80 bits per heavy atom. The first-order chi connectivity index (χ1) is 14.5. The Labute approximate surface area is 178 Å². The van der Waals surface area contributed by atoms with Gasteiger partial charge in [-0.3, -0.25) is 4.79 Å². The lowest BCUT2D eigenvalue weighted by molar-refractivity contribution is -0.156. The van der Waals surface area contributed by atoms with Crippen LogP contribution in [0.5, 0.6) is 0 Å². The SMILES string of the molecule is NN=Cc1ccc(CCCC[C@@H]2C[C@H](CS(=O)(=O)c3ccccc3)CC(=O)O2)cc1. The highest BCUT2D eigenvalue weighted by atomic mass is 32.2. The number of hydrogen-bond donors (Lipinski definition) is 1. The predicted octanol–water partition coefficient (Wildman–Crippen LogP) is 3.49. The molecule has 0 aliphatic carbocycles. The van der Waals surface area contributed by atoms with Crippen molar-refractivity contribution in [3.8, 4) is 0 Å². The van der Waals surface area contributed by atoms with Crippen LogP contribution in [0.2, 0.25) is 0 Å². The third-order valence-corrected chi connectivity index (χ3v) is 7.25. The van der Waals surface area contributed by atoms with Crippen LogP contribution in [0.25, 0.3) is 0 Å². The van der Waals surface area contributed by atoms with Crippen molar-refractivity contribution in [1.29, 1.82) is 0 Å². The molecular formula is C23H28N2O4S. The summed E-state index contributed by atoms with van der Waals surface area (Å²) in [5, 5.41) is 3.51. The third-order valence-electron chi connectivity index (χ3n) is 5.35. The number of nitrogens with zero attached hydrogens (tertiary/aromatic N) is 1. The van der Waals surface area contributed by atoms with Crippen molar-refractivity contribution >= 4 is 22.0 Å². The second-order valence-electron chi connectivity index (χ2n) is 7.78. The zero-order valence-electron chi connectivity index (χ0n) is 16.9. The fourth-order valence-corrected chi connectivity index (χ4v) is 5.51. The first-order valence-corrected chi connectivity index (χ1v) is 11.9. The Balaban J connectivity index is 1.46. The second kappa shape index (κ2) is 10.4. The highest BCUT2D eigenvalue weighted by Crippen LogP contribution is 2.28. The van der Waals surface area contributed by atoms with E-state index in [1.54, 1.807) is 36.5 Å². The molecule has 0 saturated carbocycles.